The highest BCUT2D eigenvalue weighted by atomic mass is 32.2. The van der Waals surface area contributed by atoms with Gasteiger partial charge in [0.25, 0.3) is 5.91 Å². The smallest absolute Gasteiger partial charge is 0.343 e. The standard InChI is InChI=1S/C20H15NO6S2/c1-26-15-9-12(10-16-18(24)21(11-17(22)23)20(28)29-16)7-8-14(15)27-19(25)13-5-3-2-4-6-13/h2-10H,11H2,1H3,(H,22,23)/b16-10-. The van der Waals surface area contributed by atoms with Gasteiger partial charge >= 0.3 is 11.9 Å². The summed E-state index contributed by atoms with van der Waals surface area (Å²) in [6.45, 7) is -0.486. The lowest BCUT2D eigenvalue weighted by molar-refractivity contribution is -0.140. The van der Waals surface area contributed by atoms with Gasteiger partial charge in [0, 0.05) is 0 Å². The summed E-state index contributed by atoms with van der Waals surface area (Å²) in [5.41, 5.74) is 1.01. The van der Waals surface area contributed by atoms with Crippen molar-refractivity contribution in [3.63, 3.8) is 0 Å². The fourth-order valence-corrected chi connectivity index (χ4v) is 3.77. The molecule has 9 heteroatoms. The van der Waals surface area contributed by atoms with Crippen molar-refractivity contribution in [2.24, 2.45) is 0 Å². The number of ether oxygens (including phenoxy) is 2. The van der Waals surface area contributed by atoms with Crippen molar-refractivity contribution in [1.82, 2.24) is 4.90 Å². The van der Waals surface area contributed by atoms with Crippen LogP contribution in [0.2, 0.25) is 0 Å². The molecule has 1 saturated heterocycles. The number of methoxy groups -OCH3 is 1. The first-order chi connectivity index (χ1) is 13.9. The van der Waals surface area contributed by atoms with Crippen LogP contribution in [-0.4, -0.2) is 45.8 Å². The number of aliphatic carboxylic acids is 1. The summed E-state index contributed by atoms with van der Waals surface area (Å²) in [4.78, 5) is 36.8. The third kappa shape index (κ3) is 4.82. The first kappa shape index (κ1) is 20.6. The summed E-state index contributed by atoms with van der Waals surface area (Å²) in [5, 5.41) is 8.90. The maximum absolute atomic E-state index is 12.4. The van der Waals surface area contributed by atoms with Gasteiger partial charge in [0.1, 0.15) is 10.9 Å². The molecule has 0 saturated carbocycles. The van der Waals surface area contributed by atoms with Crippen molar-refractivity contribution >= 4 is 52.2 Å². The molecule has 2 aromatic carbocycles. The number of carboxylic acids is 1. The van der Waals surface area contributed by atoms with Crippen molar-refractivity contribution in [3.8, 4) is 11.5 Å². The molecule has 1 aliphatic heterocycles. The number of nitrogens with zero attached hydrogens (tertiary/aromatic N) is 1. The molecule has 0 aliphatic carbocycles. The van der Waals surface area contributed by atoms with Crippen LogP contribution in [0.5, 0.6) is 11.5 Å². The fourth-order valence-electron chi connectivity index (χ4n) is 2.51. The summed E-state index contributed by atoms with van der Waals surface area (Å²) in [6, 6.07) is 13.4. The molecule has 0 bridgehead atoms. The zero-order valence-corrected chi connectivity index (χ0v) is 16.8. The molecule has 1 amide bonds. The quantitative estimate of drug-likeness (QED) is 0.324. The van der Waals surface area contributed by atoms with E-state index >= 15 is 0 Å². The van der Waals surface area contributed by atoms with Crippen molar-refractivity contribution < 1.29 is 29.0 Å². The Bertz CT molecular complexity index is 1020. The number of thioether (sulfide) groups is 1. The lowest BCUT2D eigenvalue weighted by Crippen LogP contribution is -2.33. The van der Waals surface area contributed by atoms with Crippen LogP contribution in [0.4, 0.5) is 0 Å². The second-order valence-corrected chi connectivity index (χ2v) is 7.50. The molecule has 1 heterocycles. The number of benzene rings is 2. The van der Waals surface area contributed by atoms with Gasteiger partial charge in [-0.15, -0.1) is 0 Å². The summed E-state index contributed by atoms with van der Waals surface area (Å²) >= 11 is 6.10. The van der Waals surface area contributed by atoms with Crippen LogP contribution in [0.25, 0.3) is 6.08 Å². The van der Waals surface area contributed by atoms with E-state index in [-0.39, 0.29) is 10.1 Å². The molecule has 1 fully saturated rings. The highest BCUT2D eigenvalue weighted by molar-refractivity contribution is 8.26. The molecule has 7 nitrogen and oxygen atoms in total. The zero-order valence-electron chi connectivity index (χ0n) is 15.2. The number of amides is 1. The first-order valence-electron chi connectivity index (χ1n) is 8.31. The third-order valence-corrected chi connectivity index (χ3v) is 5.24. The van der Waals surface area contributed by atoms with Crippen LogP contribution in [0.3, 0.4) is 0 Å². The van der Waals surface area contributed by atoms with E-state index in [4.69, 9.17) is 26.8 Å². The van der Waals surface area contributed by atoms with Crippen LogP contribution in [0.1, 0.15) is 15.9 Å². The third-order valence-electron chi connectivity index (χ3n) is 3.86. The number of esters is 1. The SMILES string of the molecule is COc1cc(/C=C2\SC(=S)N(CC(=O)O)C2=O)ccc1OC(=O)c1ccccc1. The van der Waals surface area contributed by atoms with E-state index in [1.807, 2.05) is 0 Å². The Morgan fingerprint density at radius 2 is 1.90 bits per heavy atom. The van der Waals surface area contributed by atoms with Crippen LogP contribution < -0.4 is 9.47 Å². The molecule has 0 aromatic heterocycles. The molecule has 0 spiro atoms. The number of hydrogen-bond acceptors (Lipinski definition) is 7. The highest BCUT2D eigenvalue weighted by Crippen LogP contribution is 2.34. The van der Waals surface area contributed by atoms with E-state index < -0.39 is 24.4 Å². The normalized spacial score (nSPS) is 14.9. The van der Waals surface area contributed by atoms with Crippen molar-refractivity contribution in [2.75, 3.05) is 13.7 Å². The molecule has 148 valence electrons. The minimum Gasteiger partial charge on any atom is -0.493 e. The summed E-state index contributed by atoms with van der Waals surface area (Å²) in [7, 11) is 1.44. The van der Waals surface area contributed by atoms with Crippen molar-refractivity contribution in [2.45, 2.75) is 0 Å². The molecule has 0 unspecified atom stereocenters. The highest BCUT2D eigenvalue weighted by Gasteiger charge is 2.33. The van der Waals surface area contributed by atoms with Gasteiger partial charge in [0.05, 0.1) is 17.6 Å². The minimum absolute atomic E-state index is 0.184. The largest absolute Gasteiger partial charge is 0.493 e. The molecular formula is C20H15NO6S2. The van der Waals surface area contributed by atoms with Gasteiger partial charge in [-0.05, 0) is 35.9 Å². The average Bonchev–Trinajstić information content (AvgIpc) is 2.96. The van der Waals surface area contributed by atoms with Crippen LogP contribution in [-0.2, 0) is 9.59 Å². The van der Waals surface area contributed by atoms with Gasteiger partial charge in [-0.1, -0.05) is 48.2 Å². The van der Waals surface area contributed by atoms with E-state index in [1.54, 1.807) is 54.6 Å². The summed E-state index contributed by atoms with van der Waals surface area (Å²) in [5.74, 6) is -1.60. The van der Waals surface area contributed by atoms with E-state index in [9.17, 15) is 14.4 Å². The number of rotatable bonds is 6. The van der Waals surface area contributed by atoms with Gasteiger partial charge in [-0.2, -0.15) is 0 Å². The molecular weight excluding hydrogens is 414 g/mol. The van der Waals surface area contributed by atoms with E-state index in [0.29, 0.717) is 21.8 Å². The molecule has 3 rings (SSSR count). The Kier molecular flexibility index (Phi) is 6.30. The average molecular weight is 429 g/mol. The number of carbonyl (C=O) groups is 3. The predicted octanol–water partition coefficient (Wildman–Crippen LogP) is 3.20. The number of carboxylic acid groups (broad SMARTS) is 1. The van der Waals surface area contributed by atoms with Gasteiger partial charge in [-0.3, -0.25) is 14.5 Å². The zero-order chi connectivity index (χ0) is 21.0. The maximum atomic E-state index is 12.4. The van der Waals surface area contributed by atoms with Crippen molar-refractivity contribution in [3.05, 3.63) is 64.6 Å². The van der Waals surface area contributed by atoms with Gasteiger partial charge in [0.2, 0.25) is 0 Å². The number of thiocarbonyl (C=S) groups is 1. The summed E-state index contributed by atoms with van der Waals surface area (Å²) < 4.78 is 10.9. The Morgan fingerprint density at radius 3 is 2.55 bits per heavy atom. The van der Waals surface area contributed by atoms with Gasteiger partial charge in [-0.25, -0.2) is 4.79 Å². The molecule has 0 radical (unpaired) electrons. The van der Waals surface area contributed by atoms with Crippen LogP contribution in [0.15, 0.2) is 53.4 Å². The lowest BCUT2D eigenvalue weighted by atomic mass is 10.1. The molecule has 29 heavy (non-hydrogen) atoms. The first-order valence-corrected chi connectivity index (χ1v) is 9.54. The topological polar surface area (TPSA) is 93.1 Å². The number of carbonyl (C=O) groups excluding carboxylic acids is 2. The monoisotopic (exact) mass is 429 g/mol. The lowest BCUT2D eigenvalue weighted by Gasteiger charge is -2.11. The van der Waals surface area contributed by atoms with Gasteiger partial charge < -0.3 is 14.6 Å². The minimum atomic E-state index is -1.14. The molecule has 1 aliphatic rings. The van der Waals surface area contributed by atoms with Crippen LogP contribution >= 0.6 is 24.0 Å². The number of hydrogen-bond donors (Lipinski definition) is 1. The Morgan fingerprint density at radius 1 is 1.17 bits per heavy atom. The van der Waals surface area contributed by atoms with E-state index in [1.165, 1.54) is 7.11 Å². The molecule has 0 atom stereocenters. The Balaban J connectivity index is 1.81. The van der Waals surface area contributed by atoms with E-state index in [2.05, 4.69) is 0 Å². The summed E-state index contributed by atoms with van der Waals surface area (Å²) in [6.07, 6.45) is 1.58. The van der Waals surface area contributed by atoms with Gasteiger partial charge in [0.15, 0.2) is 11.5 Å². The molecule has 2 aromatic rings. The predicted molar refractivity (Wildman–Crippen MR) is 112 cm³/mol. The second kappa shape index (κ2) is 8.89. The van der Waals surface area contributed by atoms with E-state index in [0.717, 1.165) is 16.7 Å². The maximum Gasteiger partial charge on any atom is 0.343 e. The van der Waals surface area contributed by atoms with Crippen LogP contribution in [0, 0.1) is 0 Å². The fraction of sp³-hybridized carbons (Fsp3) is 0.100. The van der Waals surface area contributed by atoms with Crippen molar-refractivity contribution in [1.29, 1.82) is 0 Å². The second-order valence-electron chi connectivity index (χ2n) is 5.83. The Hall–Kier alpha value is -3.17. The Labute approximate surface area is 175 Å². The molecule has 1 N–H and O–H groups in total.